The van der Waals surface area contributed by atoms with Crippen molar-refractivity contribution in [3.05, 3.63) is 57.3 Å². The van der Waals surface area contributed by atoms with Crippen LogP contribution in [0.25, 0.3) is 0 Å². The number of likely N-dealkylation sites (N-methyl/N-ethyl adjacent to an activating group) is 1. The smallest absolute Gasteiger partial charge is 0.133 e. The van der Waals surface area contributed by atoms with Gasteiger partial charge in [0, 0.05) is 17.4 Å². The highest BCUT2D eigenvalue weighted by atomic mass is 79.9. The lowest BCUT2D eigenvalue weighted by Gasteiger charge is -2.18. The van der Waals surface area contributed by atoms with Crippen LogP contribution in [-0.4, -0.2) is 19.1 Å². The third-order valence-corrected chi connectivity index (χ3v) is 4.13. The summed E-state index contributed by atoms with van der Waals surface area (Å²) in [5.41, 5.74) is 4.64. The molecule has 0 aliphatic carbocycles. The fraction of sp³-hybridized carbons (Fsp3) is 0.353. The first-order chi connectivity index (χ1) is 10.0. The van der Waals surface area contributed by atoms with E-state index in [2.05, 4.69) is 50.5 Å². The molecule has 0 fully saturated rings. The van der Waals surface area contributed by atoms with Crippen molar-refractivity contribution in [2.75, 3.05) is 14.2 Å². The van der Waals surface area contributed by atoms with Gasteiger partial charge in [0.15, 0.2) is 0 Å². The average molecular weight is 349 g/mol. The Morgan fingerprint density at radius 3 is 2.38 bits per heavy atom. The van der Waals surface area contributed by atoms with Crippen LogP contribution >= 0.6 is 15.9 Å². The minimum absolute atomic E-state index is 0.269. The Balaban J connectivity index is 2.24. The van der Waals surface area contributed by atoms with Crippen LogP contribution in [-0.2, 0) is 6.42 Å². The maximum absolute atomic E-state index is 5.28. The zero-order chi connectivity index (χ0) is 15.4. The average Bonchev–Trinajstić information content (AvgIpc) is 2.43. The summed E-state index contributed by atoms with van der Waals surface area (Å²) in [5.74, 6) is 0.857. The van der Waals surface area contributed by atoms with E-state index in [0.29, 0.717) is 0 Å². The van der Waals surface area contributed by atoms with E-state index in [0.717, 1.165) is 28.0 Å². The highest BCUT2D eigenvalue weighted by Gasteiger charge is 2.12. The topological polar surface area (TPSA) is 34.1 Å². The van der Waals surface area contributed by atoms with E-state index < -0.39 is 0 Å². The van der Waals surface area contributed by atoms with Gasteiger partial charge in [-0.1, -0.05) is 6.07 Å². The lowest BCUT2D eigenvalue weighted by atomic mass is 9.98. The van der Waals surface area contributed by atoms with Crippen molar-refractivity contribution >= 4 is 15.9 Å². The predicted octanol–water partition coefficient (Wildman–Crippen LogP) is 3.97. The molecule has 1 heterocycles. The van der Waals surface area contributed by atoms with Gasteiger partial charge in [-0.3, -0.25) is 4.98 Å². The molecule has 0 amide bonds. The quantitative estimate of drug-likeness (QED) is 0.887. The van der Waals surface area contributed by atoms with Gasteiger partial charge in [0.2, 0.25) is 0 Å². The molecule has 1 unspecified atom stereocenters. The van der Waals surface area contributed by atoms with E-state index in [-0.39, 0.29) is 6.04 Å². The van der Waals surface area contributed by atoms with E-state index in [1.807, 2.05) is 27.0 Å². The minimum atomic E-state index is 0.269. The standard InChI is InChI=1S/C17H21BrN2O/c1-11-7-14(8-12(2)20-11)16(19-3)10-13-5-6-17(21-4)15(18)9-13/h5-9,16,19H,10H2,1-4H3. The van der Waals surface area contributed by atoms with Gasteiger partial charge in [-0.05, 0) is 78.6 Å². The molecule has 0 spiro atoms. The van der Waals surface area contributed by atoms with Crippen molar-refractivity contribution in [2.24, 2.45) is 0 Å². The maximum Gasteiger partial charge on any atom is 0.133 e. The molecule has 112 valence electrons. The Morgan fingerprint density at radius 2 is 1.86 bits per heavy atom. The van der Waals surface area contributed by atoms with Crippen molar-refractivity contribution in [1.82, 2.24) is 10.3 Å². The van der Waals surface area contributed by atoms with Crippen molar-refractivity contribution in [3.8, 4) is 5.75 Å². The number of halogens is 1. The number of hydrogen-bond acceptors (Lipinski definition) is 3. The van der Waals surface area contributed by atoms with Crippen molar-refractivity contribution in [1.29, 1.82) is 0 Å². The van der Waals surface area contributed by atoms with E-state index >= 15 is 0 Å². The second-order valence-corrected chi connectivity index (χ2v) is 6.05. The highest BCUT2D eigenvalue weighted by molar-refractivity contribution is 9.10. The Morgan fingerprint density at radius 1 is 1.19 bits per heavy atom. The second-order valence-electron chi connectivity index (χ2n) is 5.20. The van der Waals surface area contributed by atoms with Gasteiger partial charge in [0.25, 0.3) is 0 Å². The fourth-order valence-electron chi connectivity index (χ4n) is 2.53. The number of benzene rings is 1. The second kappa shape index (κ2) is 7.05. The number of ether oxygens (including phenoxy) is 1. The molecule has 2 aromatic rings. The summed E-state index contributed by atoms with van der Waals surface area (Å²) in [5, 5.41) is 3.39. The normalized spacial score (nSPS) is 12.2. The van der Waals surface area contributed by atoms with Gasteiger partial charge in [-0.25, -0.2) is 0 Å². The summed E-state index contributed by atoms with van der Waals surface area (Å²) >= 11 is 3.54. The SMILES string of the molecule is CNC(Cc1ccc(OC)c(Br)c1)c1cc(C)nc(C)c1. The molecular formula is C17H21BrN2O. The number of rotatable bonds is 5. The molecule has 1 aromatic carbocycles. The first-order valence-electron chi connectivity index (χ1n) is 6.98. The molecule has 0 saturated heterocycles. The number of pyridine rings is 1. The molecule has 1 atom stereocenters. The molecule has 0 aliphatic heterocycles. The van der Waals surface area contributed by atoms with Crippen LogP contribution in [0.15, 0.2) is 34.8 Å². The summed E-state index contributed by atoms with van der Waals surface area (Å²) in [7, 11) is 3.67. The molecule has 3 nitrogen and oxygen atoms in total. The van der Waals surface area contributed by atoms with E-state index in [1.54, 1.807) is 7.11 Å². The zero-order valence-electron chi connectivity index (χ0n) is 12.9. The van der Waals surface area contributed by atoms with Gasteiger partial charge in [0.1, 0.15) is 5.75 Å². The molecular weight excluding hydrogens is 328 g/mol. The summed E-state index contributed by atoms with van der Waals surface area (Å²) in [6.07, 6.45) is 0.919. The minimum Gasteiger partial charge on any atom is -0.496 e. The third-order valence-electron chi connectivity index (χ3n) is 3.51. The van der Waals surface area contributed by atoms with E-state index in [9.17, 15) is 0 Å². The lowest BCUT2D eigenvalue weighted by Crippen LogP contribution is -2.19. The third kappa shape index (κ3) is 4.05. The zero-order valence-corrected chi connectivity index (χ0v) is 14.5. The van der Waals surface area contributed by atoms with Crippen LogP contribution in [0, 0.1) is 13.8 Å². The summed E-state index contributed by atoms with van der Waals surface area (Å²) in [6.45, 7) is 4.07. The Kier molecular flexibility index (Phi) is 5.37. The molecule has 0 saturated carbocycles. The van der Waals surface area contributed by atoms with E-state index in [1.165, 1.54) is 11.1 Å². The first kappa shape index (κ1) is 16.0. The fourth-order valence-corrected chi connectivity index (χ4v) is 3.12. The van der Waals surface area contributed by atoms with Crippen LogP contribution in [0.2, 0.25) is 0 Å². The highest BCUT2D eigenvalue weighted by Crippen LogP contribution is 2.28. The number of aromatic nitrogens is 1. The summed E-state index contributed by atoms with van der Waals surface area (Å²) in [4.78, 5) is 4.44. The number of methoxy groups -OCH3 is 1. The molecule has 1 aromatic heterocycles. The molecule has 4 heteroatoms. The molecule has 1 N–H and O–H groups in total. The van der Waals surface area contributed by atoms with Crippen LogP contribution in [0.1, 0.15) is 28.6 Å². The number of hydrogen-bond donors (Lipinski definition) is 1. The van der Waals surface area contributed by atoms with Crippen LogP contribution in [0.3, 0.4) is 0 Å². The Labute approximate surface area is 134 Å². The Hall–Kier alpha value is -1.39. The number of aryl methyl sites for hydroxylation is 2. The van der Waals surface area contributed by atoms with Crippen LogP contribution < -0.4 is 10.1 Å². The largest absolute Gasteiger partial charge is 0.496 e. The molecule has 2 rings (SSSR count). The Bertz CT molecular complexity index is 608. The summed E-state index contributed by atoms with van der Waals surface area (Å²) in [6, 6.07) is 10.8. The van der Waals surface area contributed by atoms with Gasteiger partial charge < -0.3 is 10.1 Å². The van der Waals surface area contributed by atoms with Crippen molar-refractivity contribution in [2.45, 2.75) is 26.3 Å². The maximum atomic E-state index is 5.28. The number of nitrogens with zero attached hydrogens (tertiary/aromatic N) is 1. The van der Waals surface area contributed by atoms with Gasteiger partial charge in [-0.2, -0.15) is 0 Å². The lowest BCUT2D eigenvalue weighted by molar-refractivity contribution is 0.412. The predicted molar refractivity (Wildman–Crippen MR) is 89.9 cm³/mol. The van der Waals surface area contributed by atoms with Crippen molar-refractivity contribution in [3.63, 3.8) is 0 Å². The summed E-state index contributed by atoms with van der Waals surface area (Å²) < 4.78 is 6.26. The van der Waals surface area contributed by atoms with E-state index in [4.69, 9.17) is 4.74 Å². The number of nitrogens with one attached hydrogen (secondary N) is 1. The van der Waals surface area contributed by atoms with Crippen LogP contribution in [0.5, 0.6) is 5.75 Å². The molecule has 21 heavy (non-hydrogen) atoms. The monoisotopic (exact) mass is 348 g/mol. The van der Waals surface area contributed by atoms with Crippen molar-refractivity contribution < 1.29 is 4.74 Å². The van der Waals surface area contributed by atoms with Gasteiger partial charge >= 0.3 is 0 Å². The van der Waals surface area contributed by atoms with Crippen LogP contribution in [0.4, 0.5) is 0 Å². The molecule has 0 bridgehead atoms. The van der Waals surface area contributed by atoms with Gasteiger partial charge in [0.05, 0.1) is 11.6 Å². The molecule has 0 radical (unpaired) electrons. The first-order valence-corrected chi connectivity index (χ1v) is 7.77. The molecule has 0 aliphatic rings. The van der Waals surface area contributed by atoms with Gasteiger partial charge in [-0.15, -0.1) is 0 Å².